The molecule has 0 aromatic rings. The number of carbonyl (C=O) groups is 2. The van der Waals surface area contributed by atoms with Crippen LogP contribution in [0.25, 0.3) is 0 Å². The molecule has 2 amide bonds. The molecule has 0 bridgehead atoms. The van der Waals surface area contributed by atoms with Crippen LogP contribution in [-0.4, -0.2) is 36.3 Å². The Morgan fingerprint density at radius 2 is 1.89 bits per heavy atom. The van der Waals surface area contributed by atoms with E-state index in [-0.39, 0.29) is 29.2 Å². The molecule has 0 aliphatic heterocycles. The summed E-state index contributed by atoms with van der Waals surface area (Å²) in [7, 11) is 1.84. The molecule has 0 aromatic carbocycles. The number of nitrogens with one attached hydrogen (secondary N) is 1. The number of rotatable bonds is 5. The first-order valence-corrected chi connectivity index (χ1v) is 7.18. The Labute approximate surface area is 116 Å². The van der Waals surface area contributed by atoms with Gasteiger partial charge in [-0.05, 0) is 24.7 Å². The predicted molar refractivity (Wildman–Crippen MR) is 76.6 cm³/mol. The third-order valence-corrected chi connectivity index (χ3v) is 4.31. The molecule has 0 aromatic heterocycles. The number of hydrogen-bond donors (Lipinski definition) is 1. The first-order chi connectivity index (χ1) is 8.64. The van der Waals surface area contributed by atoms with Crippen molar-refractivity contribution < 1.29 is 9.59 Å². The van der Waals surface area contributed by atoms with Crippen molar-refractivity contribution in [3.63, 3.8) is 0 Å². The van der Waals surface area contributed by atoms with Gasteiger partial charge in [0.2, 0.25) is 11.8 Å². The zero-order valence-corrected chi connectivity index (χ0v) is 13.1. The lowest BCUT2D eigenvalue weighted by Gasteiger charge is -2.35. The lowest BCUT2D eigenvalue weighted by molar-refractivity contribution is -0.133. The van der Waals surface area contributed by atoms with E-state index in [0.29, 0.717) is 18.9 Å². The Morgan fingerprint density at radius 3 is 2.32 bits per heavy atom. The summed E-state index contributed by atoms with van der Waals surface area (Å²) in [5.74, 6) is 0.888. The topological polar surface area (TPSA) is 49.4 Å². The van der Waals surface area contributed by atoms with Gasteiger partial charge >= 0.3 is 0 Å². The summed E-state index contributed by atoms with van der Waals surface area (Å²) in [4.78, 5) is 25.4. The Hall–Kier alpha value is -1.06. The SMILES string of the molecule is C[C@@H]1C[C@@H]1C(=O)NCCC(=O)N(C)[C@@H](C)C(C)(C)C. The summed E-state index contributed by atoms with van der Waals surface area (Å²) < 4.78 is 0. The summed E-state index contributed by atoms with van der Waals surface area (Å²) in [6.45, 7) is 11.0. The molecule has 1 aliphatic rings. The summed E-state index contributed by atoms with van der Waals surface area (Å²) in [5, 5.41) is 2.85. The highest BCUT2D eigenvalue weighted by Crippen LogP contribution is 2.37. The van der Waals surface area contributed by atoms with E-state index in [0.717, 1.165) is 6.42 Å². The molecule has 0 radical (unpaired) electrons. The van der Waals surface area contributed by atoms with Crippen molar-refractivity contribution in [3.8, 4) is 0 Å². The number of carbonyl (C=O) groups excluding carboxylic acids is 2. The summed E-state index contributed by atoms with van der Waals surface area (Å²) >= 11 is 0. The van der Waals surface area contributed by atoms with Crippen molar-refractivity contribution in [1.29, 1.82) is 0 Å². The molecule has 1 saturated carbocycles. The fourth-order valence-electron chi connectivity index (χ4n) is 2.08. The van der Waals surface area contributed by atoms with Gasteiger partial charge in [0.15, 0.2) is 0 Å². The first kappa shape index (κ1) is 16.0. The lowest BCUT2D eigenvalue weighted by atomic mass is 9.87. The van der Waals surface area contributed by atoms with Gasteiger partial charge in [0.05, 0.1) is 0 Å². The largest absolute Gasteiger partial charge is 0.355 e. The van der Waals surface area contributed by atoms with Crippen LogP contribution in [0.1, 0.15) is 47.5 Å². The third-order valence-electron chi connectivity index (χ3n) is 4.31. The van der Waals surface area contributed by atoms with Crippen LogP contribution < -0.4 is 5.32 Å². The summed E-state index contributed by atoms with van der Waals surface area (Å²) in [5.41, 5.74) is 0.0666. The van der Waals surface area contributed by atoms with E-state index in [4.69, 9.17) is 0 Å². The van der Waals surface area contributed by atoms with Crippen LogP contribution >= 0.6 is 0 Å². The maximum absolute atomic E-state index is 12.0. The van der Waals surface area contributed by atoms with E-state index >= 15 is 0 Å². The fourth-order valence-corrected chi connectivity index (χ4v) is 2.08. The molecular weight excluding hydrogens is 240 g/mol. The van der Waals surface area contributed by atoms with Crippen molar-refractivity contribution >= 4 is 11.8 Å². The smallest absolute Gasteiger partial charge is 0.224 e. The van der Waals surface area contributed by atoms with Crippen molar-refractivity contribution in [1.82, 2.24) is 10.2 Å². The van der Waals surface area contributed by atoms with Crippen LogP contribution in [0, 0.1) is 17.3 Å². The zero-order chi connectivity index (χ0) is 14.8. The molecule has 4 heteroatoms. The van der Waals surface area contributed by atoms with Crippen molar-refractivity contribution in [3.05, 3.63) is 0 Å². The molecule has 0 unspecified atom stereocenters. The molecule has 0 heterocycles. The molecule has 1 fully saturated rings. The van der Waals surface area contributed by atoms with E-state index < -0.39 is 0 Å². The second-order valence-electron chi connectivity index (χ2n) is 6.91. The Bertz CT molecular complexity index is 347. The average Bonchev–Trinajstić information content (AvgIpc) is 3.03. The minimum atomic E-state index is 0.0666. The van der Waals surface area contributed by atoms with Crippen LogP contribution in [0.3, 0.4) is 0 Å². The van der Waals surface area contributed by atoms with Crippen LogP contribution in [0.4, 0.5) is 0 Å². The normalized spacial score (nSPS) is 23.7. The first-order valence-electron chi connectivity index (χ1n) is 7.18. The van der Waals surface area contributed by atoms with Crippen molar-refractivity contribution in [2.24, 2.45) is 17.3 Å². The van der Waals surface area contributed by atoms with Gasteiger partial charge in [-0.3, -0.25) is 9.59 Å². The Morgan fingerprint density at radius 1 is 1.37 bits per heavy atom. The quantitative estimate of drug-likeness (QED) is 0.829. The maximum atomic E-state index is 12.0. The zero-order valence-electron chi connectivity index (χ0n) is 13.1. The molecule has 110 valence electrons. The van der Waals surface area contributed by atoms with Crippen molar-refractivity contribution in [2.45, 2.75) is 53.5 Å². The standard InChI is InChI=1S/C15H28N2O2/c1-10-9-12(10)14(19)16-8-7-13(18)17(6)11(2)15(3,4)5/h10-12H,7-9H2,1-6H3,(H,16,19)/t10-,11+,12+/m1/s1. The molecule has 0 spiro atoms. The third kappa shape index (κ3) is 4.51. The van der Waals surface area contributed by atoms with Crippen LogP contribution in [0.5, 0.6) is 0 Å². The van der Waals surface area contributed by atoms with E-state index in [1.54, 1.807) is 4.90 Å². The molecule has 4 nitrogen and oxygen atoms in total. The highest BCUT2D eigenvalue weighted by Gasteiger charge is 2.38. The Balaban J connectivity index is 2.29. The maximum Gasteiger partial charge on any atom is 0.224 e. The van der Waals surface area contributed by atoms with E-state index in [2.05, 4.69) is 39.9 Å². The lowest BCUT2D eigenvalue weighted by Crippen LogP contribution is -2.44. The molecule has 19 heavy (non-hydrogen) atoms. The fraction of sp³-hybridized carbons (Fsp3) is 0.867. The van der Waals surface area contributed by atoms with Gasteiger partial charge in [-0.25, -0.2) is 0 Å². The number of amides is 2. The molecule has 3 atom stereocenters. The molecule has 1 aliphatic carbocycles. The van der Waals surface area contributed by atoms with Gasteiger partial charge in [0.25, 0.3) is 0 Å². The van der Waals surface area contributed by atoms with Gasteiger partial charge in [-0.1, -0.05) is 27.7 Å². The molecule has 1 N–H and O–H groups in total. The van der Waals surface area contributed by atoms with Crippen LogP contribution in [-0.2, 0) is 9.59 Å². The van der Waals surface area contributed by atoms with E-state index in [1.165, 1.54) is 0 Å². The van der Waals surface area contributed by atoms with Crippen LogP contribution in [0.2, 0.25) is 0 Å². The highest BCUT2D eigenvalue weighted by molar-refractivity contribution is 5.82. The number of nitrogens with zero attached hydrogens (tertiary/aromatic N) is 1. The number of hydrogen-bond acceptors (Lipinski definition) is 2. The minimum Gasteiger partial charge on any atom is -0.355 e. The second kappa shape index (κ2) is 5.93. The molecular formula is C15H28N2O2. The van der Waals surface area contributed by atoms with Gasteiger partial charge in [0.1, 0.15) is 0 Å². The van der Waals surface area contributed by atoms with Gasteiger partial charge < -0.3 is 10.2 Å². The van der Waals surface area contributed by atoms with Gasteiger partial charge in [0, 0.05) is 32.0 Å². The van der Waals surface area contributed by atoms with Crippen molar-refractivity contribution in [2.75, 3.05) is 13.6 Å². The van der Waals surface area contributed by atoms with E-state index in [9.17, 15) is 9.59 Å². The molecule has 1 rings (SSSR count). The van der Waals surface area contributed by atoms with Gasteiger partial charge in [-0.15, -0.1) is 0 Å². The summed E-state index contributed by atoms with van der Waals surface area (Å²) in [6, 6.07) is 0.180. The average molecular weight is 268 g/mol. The predicted octanol–water partition coefficient (Wildman–Crippen LogP) is 2.04. The minimum absolute atomic E-state index is 0.0666. The van der Waals surface area contributed by atoms with Crippen LogP contribution in [0.15, 0.2) is 0 Å². The summed E-state index contributed by atoms with van der Waals surface area (Å²) in [6.07, 6.45) is 1.37. The molecule has 0 saturated heterocycles. The van der Waals surface area contributed by atoms with E-state index in [1.807, 2.05) is 7.05 Å². The van der Waals surface area contributed by atoms with Gasteiger partial charge in [-0.2, -0.15) is 0 Å². The Kier molecular flexibility index (Phi) is 4.99. The highest BCUT2D eigenvalue weighted by atomic mass is 16.2. The second-order valence-corrected chi connectivity index (χ2v) is 6.91. The monoisotopic (exact) mass is 268 g/mol.